The second-order valence-electron chi connectivity index (χ2n) is 4.11. The number of alkyl halides is 5. The van der Waals surface area contributed by atoms with Crippen LogP contribution in [0.25, 0.3) is 11.1 Å². The molecule has 0 radical (unpaired) electrons. The highest BCUT2D eigenvalue weighted by Gasteiger charge is 2.30. The second-order valence-corrected chi connectivity index (χ2v) is 4.11. The van der Waals surface area contributed by atoms with E-state index in [9.17, 15) is 26.3 Å². The highest BCUT2D eigenvalue weighted by atomic mass is 19.4. The smallest absolute Gasteiger partial charge is 0.207 e. The van der Waals surface area contributed by atoms with Gasteiger partial charge in [0.15, 0.2) is 0 Å². The van der Waals surface area contributed by atoms with E-state index in [1.165, 1.54) is 6.07 Å². The summed E-state index contributed by atoms with van der Waals surface area (Å²) in [5.41, 5.74) is -1.83. The molecule has 0 saturated heterocycles. The summed E-state index contributed by atoms with van der Waals surface area (Å²) in [5.74, 6) is -0.790. The minimum atomic E-state index is -4.59. The van der Waals surface area contributed by atoms with Crippen LogP contribution in [0, 0.1) is 5.82 Å². The van der Waals surface area contributed by atoms with E-state index in [0.717, 1.165) is 36.4 Å². The Morgan fingerprint density at radius 3 is 2.20 bits per heavy atom. The van der Waals surface area contributed by atoms with E-state index in [4.69, 9.17) is 0 Å². The molecule has 0 bridgehead atoms. The number of hydrogen-bond acceptors (Lipinski definition) is 0. The van der Waals surface area contributed by atoms with Crippen molar-refractivity contribution in [2.24, 2.45) is 0 Å². The van der Waals surface area contributed by atoms with Crippen LogP contribution >= 0.6 is 0 Å². The molecule has 0 heterocycles. The molecule has 2 rings (SSSR count). The van der Waals surface area contributed by atoms with Crippen LogP contribution in [0.2, 0.25) is 0 Å². The van der Waals surface area contributed by atoms with E-state index >= 15 is 0 Å². The first-order valence-corrected chi connectivity index (χ1v) is 5.54. The van der Waals surface area contributed by atoms with Crippen molar-refractivity contribution >= 4 is 0 Å². The average molecular weight is 290 g/mol. The van der Waals surface area contributed by atoms with Crippen LogP contribution in [0.5, 0.6) is 0 Å². The lowest BCUT2D eigenvalue weighted by atomic mass is 9.98. The molecule has 0 aliphatic carbocycles. The van der Waals surface area contributed by atoms with Gasteiger partial charge in [0.05, 0.1) is 5.56 Å². The second kappa shape index (κ2) is 5.19. The molecule has 0 N–H and O–H groups in total. The Labute approximate surface area is 110 Å². The van der Waals surface area contributed by atoms with Gasteiger partial charge in [-0.25, -0.2) is 13.2 Å². The van der Waals surface area contributed by atoms with E-state index in [1.54, 1.807) is 0 Å². The van der Waals surface area contributed by atoms with Gasteiger partial charge in [-0.1, -0.05) is 12.1 Å². The lowest BCUT2D eigenvalue weighted by molar-refractivity contribution is -0.137. The summed E-state index contributed by atoms with van der Waals surface area (Å²) in [7, 11) is 0. The fourth-order valence-corrected chi connectivity index (χ4v) is 1.83. The van der Waals surface area contributed by atoms with Crippen molar-refractivity contribution in [3.63, 3.8) is 0 Å². The summed E-state index contributed by atoms with van der Waals surface area (Å²) >= 11 is 0. The molecule has 0 aliphatic rings. The minimum Gasteiger partial charge on any atom is -0.207 e. The summed E-state index contributed by atoms with van der Waals surface area (Å²) in [6.07, 6.45) is -7.49. The molecule has 0 unspecified atom stereocenters. The quantitative estimate of drug-likeness (QED) is 0.645. The van der Waals surface area contributed by atoms with Gasteiger partial charge in [-0.15, -0.1) is 0 Å². The fraction of sp³-hybridized carbons (Fsp3) is 0.143. The average Bonchev–Trinajstić information content (AvgIpc) is 2.37. The summed E-state index contributed by atoms with van der Waals surface area (Å²) in [4.78, 5) is 0. The molecule has 6 heteroatoms. The van der Waals surface area contributed by atoms with Crippen molar-refractivity contribution < 1.29 is 26.3 Å². The number of rotatable bonds is 2. The van der Waals surface area contributed by atoms with Crippen molar-refractivity contribution in [2.45, 2.75) is 12.6 Å². The Bertz CT molecular complexity index is 615. The SMILES string of the molecule is Fc1ccc(C(F)F)c(-c2cccc(C(F)(F)F)c2)c1. The third kappa shape index (κ3) is 2.95. The predicted octanol–water partition coefficient (Wildman–Crippen LogP) is 5.45. The Morgan fingerprint density at radius 1 is 0.900 bits per heavy atom. The lowest BCUT2D eigenvalue weighted by Gasteiger charge is -2.12. The van der Waals surface area contributed by atoms with Crippen molar-refractivity contribution in [1.29, 1.82) is 0 Å². The maximum atomic E-state index is 13.2. The molecular weight excluding hydrogens is 282 g/mol. The first kappa shape index (κ1) is 14.4. The van der Waals surface area contributed by atoms with E-state index in [2.05, 4.69) is 0 Å². The largest absolute Gasteiger partial charge is 0.416 e. The van der Waals surface area contributed by atoms with E-state index in [0.29, 0.717) is 0 Å². The molecular formula is C14H8F6. The Morgan fingerprint density at radius 2 is 1.60 bits per heavy atom. The first-order chi connectivity index (χ1) is 9.29. The first-order valence-electron chi connectivity index (χ1n) is 5.54. The van der Waals surface area contributed by atoms with Crippen LogP contribution in [-0.4, -0.2) is 0 Å². The van der Waals surface area contributed by atoms with Gasteiger partial charge in [-0.05, 0) is 41.5 Å². The minimum absolute atomic E-state index is 0.102. The van der Waals surface area contributed by atoms with E-state index in [-0.39, 0.29) is 11.1 Å². The normalized spacial score (nSPS) is 11.9. The van der Waals surface area contributed by atoms with Gasteiger partial charge in [0.25, 0.3) is 6.43 Å². The van der Waals surface area contributed by atoms with Crippen molar-refractivity contribution in [3.8, 4) is 11.1 Å². The van der Waals surface area contributed by atoms with Gasteiger partial charge in [-0.2, -0.15) is 13.2 Å². The molecule has 0 aliphatic heterocycles. The summed E-state index contributed by atoms with van der Waals surface area (Å²) in [6.45, 7) is 0. The summed E-state index contributed by atoms with van der Waals surface area (Å²) < 4.78 is 76.6. The zero-order valence-corrected chi connectivity index (χ0v) is 9.89. The molecule has 0 spiro atoms. The van der Waals surface area contributed by atoms with Crippen LogP contribution < -0.4 is 0 Å². The van der Waals surface area contributed by atoms with Crippen LogP contribution in [0.1, 0.15) is 17.6 Å². The number of halogens is 6. The molecule has 0 fully saturated rings. The predicted molar refractivity (Wildman–Crippen MR) is 61.8 cm³/mol. The molecule has 20 heavy (non-hydrogen) atoms. The monoisotopic (exact) mass is 290 g/mol. The molecule has 2 aromatic carbocycles. The van der Waals surface area contributed by atoms with Gasteiger partial charge < -0.3 is 0 Å². The van der Waals surface area contributed by atoms with Crippen molar-refractivity contribution in [1.82, 2.24) is 0 Å². The van der Waals surface area contributed by atoms with Crippen LogP contribution in [-0.2, 0) is 6.18 Å². The molecule has 0 aromatic heterocycles. The summed E-state index contributed by atoms with van der Waals surface area (Å²) in [6, 6.07) is 6.39. The lowest BCUT2D eigenvalue weighted by Crippen LogP contribution is -2.04. The third-order valence-electron chi connectivity index (χ3n) is 2.75. The molecule has 0 amide bonds. The van der Waals surface area contributed by atoms with Crippen LogP contribution in [0.3, 0.4) is 0 Å². The maximum absolute atomic E-state index is 13.2. The Kier molecular flexibility index (Phi) is 3.74. The van der Waals surface area contributed by atoms with Gasteiger partial charge in [0.1, 0.15) is 5.82 Å². The fourth-order valence-electron chi connectivity index (χ4n) is 1.83. The standard InChI is InChI=1S/C14H8F6/c15-10-4-5-11(13(16)17)12(7-10)8-2-1-3-9(6-8)14(18,19)20/h1-7,13H. The number of hydrogen-bond donors (Lipinski definition) is 0. The van der Waals surface area contributed by atoms with Gasteiger partial charge in [0.2, 0.25) is 0 Å². The molecule has 106 valence electrons. The maximum Gasteiger partial charge on any atom is 0.416 e. The van der Waals surface area contributed by atoms with Crippen LogP contribution in [0.4, 0.5) is 26.3 Å². The number of benzene rings is 2. The highest BCUT2D eigenvalue weighted by molar-refractivity contribution is 5.68. The van der Waals surface area contributed by atoms with Crippen molar-refractivity contribution in [3.05, 3.63) is 59.4 Å². The Balaban J connectivity index is 2.59. The van der Waals surface area contributed by atoms with E-state index in [1.807, 2.05) is 0 Å². The highest BCUT2D eigenvalue weighted by Crippen LogP contribution is 2.35. The molecule has 0 saturated carbocycles. The van der Waals surface area contributed by atoms with Crippen LogP contribution in [0.15, 0.2) is 42.5 Å². The molecule has 0 atom stereocenters. The topological polar surface area (TPSA) is 0 Å². The van der Waals surface area contributed by atoms with E-state index < -0.39 is 29.5 Å². The third-order valence-corrected chi connectivity index (χ3v) is 2.75. The van der Waals surface area contributed by atoms with Crippen molar-refractivity contribution in [2.75, 3.05) is 0 Å². The van der Waals surface area contributed by atoms with Gasteiger partial charge in [-0.3, -0.25) is 0 Å². The zero-order chi connectivity index (χ0) is 14.9. The zero-order valence-electron chi connectivity index (χ0n) is 9.89. The summed E-state index contributed by atoms with van der Waals surface area (Å²) in [5, 5.41) is 0. The van der Waals surface area contributed by atoms with Gasteiger partial charge >= 0.3 is 6.18 Å². The molecule has 2 aromatic rings. The molecule has 0 nitrogen and oxygen atoms in total. The Hall–Kier alpha value is -1.98. The van der Waals surface area contributed by atoms with Gasteiger partial charge in [0, 0.05) is 5.56 Å².